The number of hydrogen-bond donors (Lipinski definition) is 0. The molecule has 0 aliphatic rings. The smallest absolute Gasteiger partial charge is 0.199 e. The Balaban J connectivity index is 2.73. The van der Waals surface area contributed by atoms with Crippen LogP contribution in [0.15, 0.2) is 24.3 Å². The molecule has 0 atom stereocenters. The highest BCUT2D eigenvalue weighted by Crippen LogP contribution is 2.20. The van der Waals surface area contributed by atoms with Crippen molar-refractivity contribution in [2.45, 2.75) is 0 Å². The highest BCUT2D eigenvalue weighted by Gasteiger charge is 2.06. The van der Waals surface area contributed by atoms with Gasteiger partial charge in [0.05, 0.1) is 11.0 Å². The van der Waals surface area contributed by atoms with E-state index in [2.05, 4.69) is 4.98 Å². The molecule has 0 N–H and O–H groups in total. The molecule has 0 unspecified atom stereocenters. The molecule has 0 aliphatic heterocycles. The van der Waals surface area contributed by atoms with Crippen molar-refractivity contribution in [2.24, 2.45) is 7.05 Å². The molecule has 1 aromatic carbocycles. The first kappa shape index (κ1) is 10.1. The Morgan fingerprint density at radius 3 is 2.81 bits per heavy atom. The van der Waals surface area contributed by atoms with Crippen molar-refractivity contribution in [3.05, 3.63) is 33.0 Å². The van der Waals surface area contributed by atoms with Crippen molar-refractivity contribution in [3.8, 4) is 0 Å². The van der Waals surface area contributed by atoms with E-state index in [1.54, 1.807) is 0 Å². The summed E-state index contributed by atoms with van der Waals surface area (Å²) < 4.78 is 5.22. The molecule has 0 spiro atoms. The average molecular weight is 265 g/mol. The molecule has 0 radical (unpaired) electrons. The molecule has 3 nitrogen and oxygen atoms in total. The number of para-hydroxylation sites is 2. The molecule has 3 aromatic rings. The monoisotopic (exact) mass is 265 g/mol. The number of imidazole rings is 1. The van der Waals surface area contributed by atoms with Gasteiger partial charge in [0.25, 0.3) is 0 Å². The summed E-state index contributed by atoms with van der Waals surface area (Å²) in [5.74, 6) is 0. The van der Waals surface area contributed by atoms with Crippen LogP contribution in [0, 0.1) is 8.73 Å². The summed E-state index contributed by atoms with van der Waals surface area (Å²) in [5.41, 5.74) is 1.98. The number of nitrogens with zero attached hydrogens (tertiary/aromatic N) is 3. The van der Waals surface area contributed by atoms with Crippen LogP contribution in [-0.4, -0.2) is 14.0 Å². The maximum Gasteiger partial charge on any atom is 0.199 e. The van der Waals surface area contributed by atoms with E-state index in [9.17, 15) is 0 Å². The van der Waals surface area contributed by atoms with Crippen LogP contribution in [0.4, 0.5) is 0 Å². The number of hydrogen-bond acceptors (Lipinski definition) is 4. The van der Waals surface area contributed by atoms with Gasteiger partial charge in [0.15, 0.2) is 13.7 Å². The van der Waals surface area contributed by atoms with Gasteiger partial charge in [-0.25, -0.2) is 4.98 Å². The number of rotatable bonds is 0. The zero-order chi connectivity index (χ0) is 11.3. The van der Waals surface area contributed by atoms with Crippen molar-refractivity contribution in [3.63, 3.8) is 0 Å². The summed E-state index contributed by atoms with van der Waals surface area (Å²) in [6.45, 7) is 0. The van der Waals surface area contributed by atoms with E-state index in [-0.39, 0.29) is 0 Å². The summed E-state index contributed by atoms with van der Waals surface area (Å²) in [6, 6.07) is 7.95. The van der Waals surface area contributed by atoms with E-state index in [4.69, 9.17) is 24.4 Å². The van der Waals surface area contributed by atoms with Gasteiger partial charge < -0.3 is 4.57 Å². The van der Waals surface area contributed by atoms with Crippen LogP contribution in [0.2, 0.25) is 0 Å². The minimum Gasteiger partial charge on any atom is -0.304 e. The predicted molar refractivity (Wildman–Crippen MR) is 71.2 cm³/mol. The minimum atomic E-state index is 0.687. The van der Waals surface area contributed by atoms with E-state index in [1.807, 2.05) is 40.3 Å². The molecule has 16 heavy (non-hydrogen) atoms. The highest BCUT2D eigenvalue weighted by molar-refractivity contribution is 7.73. The standard InChI is InChI=1S/C10H7N3S3/c1-12-9(14)13-7-5-3-2-4-6(7)11-8(13)16-10(12)15/h2-5H,1H3. The highest BCUT2D eigenvalue weighted by atomic mass is 32.1. The van der Waals surface area contributed by atoms with E-state index in [0.29, 0.717) is 4.77 Å². The third kappa shape index (κ3) is 1.27. The topological polar surface area (TPSA) is 22.2 Å². The Labute approximate surface area is 106 Å². The van der Waals surface area contributed by atoms with Crippen molar-refractivity contribution in [1.82, 2.24) is 14.0 Å². The van der Waals surface area contributed by atoms with Crippen molar-refractivity contribution in [2.75, 3.05) is 0 Å². The van der Waals surface area contributed by atoms with Gasteiger partial charge in [0.2, 0.25) is 0 Å². The van der Waals surface area contributed by atoms with Crippen molar-refractivity contribution < 1.29 is 0 Å². The van der Waals surface area contributed by atoms with Crippen LogP contribution in [0.5, 0.6) is 0 Å². The van der Waals surface area contributed by atoms with Crippen LogP contribution >= 0.6 is 35.8 Å². The minimum absolute atomic E-state index is 0.687. The first-order valence-electron chi connectivity index (χ1n) is 4.66. The Kier molecular flexibility index (Phi) is 2.17. The molecule has 80 valence electrons. The molecule has 2 aromatic heterocycles. The summed E-state index contributed by atoms with van der Waals surface area (Å²) in [4.78, 5) is 5.37. The van der Waals surface area contributed by atoms with Crippen LogP contribution < -0.4 is 0 Å². The molecule has 0 saturated heterocycles. The molecule has 0 amide bonds. The zero-order valence-corrected chi connectivity index (χ0v) is 10.8. The van der Waals surface area contributed by atoms with Gasteiger partial charge in [0, 0.05) is 7.05 Å². The Morgan fingerprint density at radius 2 is 2.00 bits per heavy atom. The zero-order valence-electron chi connectivity index (χ0n) is 8.38. The second-order valence-corrected chi connectivity index (χ2v) is 5.39. The lowest BCUT2D eigenvalue weighted by molar-refractivity contribution is 0.840. The van der Waals surface area contributed by atoms with E-state index >= 15 is 0 Å². The number of benzene rings is 1. The van der Waals surface area contributed by atoms with Gasteiger partial charge >= 0.3 is 0 Å². The maximum atomic E-state index is 5.39. The Bertz CT molecular complexity index is 809. The summed E-state index contributed by atoms with van der Waals surface area (Å²) >= 11 is 12.1. The second-order valence-electron chi connectivity index (χ2n) is 3.43. The lowest BCUT2D eigenvalue weighted by atomic mass is 10.3. The third-order valence-electron chi connectivity index (χ3n) is 2.46. The quantitative estimate of drug-likeness (QED) is 0.582. The molecule has 0 saturated carbocycles. The van der Waals surface area contributed by atoms with Crippen LogP contribution in [-0.2, 0) is 7.05 Å². The normalized spacial score (nSPS) is 11.3. The van der Waals surface area contributed by atoms with Gasteiger partial charge in [0.1, 0.15) is 0 Å². The first-order chi connectivity index (χ1) is 7.68. The molecule has 3 rings (SSSR count). The van der Waals surface area contributed by atoms with Crippen LogP contribution in [0.1, 0.15) is 0 Å². The lowest BCUT2D eigenvalue weighted by Gasteiger charge is -2.00. The van der Waals surface area contributed by atoms with Gasteiger partial charge in [-0.2, -0.15) is 0 Å². The van der Waals surface area contributed by atoms with Gasteiger partial charge in [-0.15, -0.1) is 0 Å². The Hall–Kier alpha value is -1.11. The fourth-order valence-corrected chi connectivity index (χ4v) is 3.19. The summed E-state index contributed by atoms with van der Waals surface area (Å²) in [7, 11) is 1.88. The molecule has 0 fully saturated rings. The first-order valence-corrected chi connectivity index (χ1v) is 6.29. The maximum absolute atomic E-state index is 5.39. The average Bonchev–Trinajstić information content (AvgIpc) is 2.64. The van der Waals surface area contributed by atoms with Gasteiger partial charge in [-0.1, -0.05) is 23.5 Å². The van der Waals surface area contributed by atoms with Crippen LogP contribution in [0.25, 0.3) is 16.0 Å². The molecule has 0 bridgehead atoms. The number of fused-ring (bicyclic) bond motifs is 3. The number of aromatic nitrogens is 3. The fraction of sp³-hybridized carbons (Fsp3) is 0.100. The predicted octanol–water partition coefficient (Wildman–Crippen LogP) is 3.35. The fourth-order valence-electron chi connectivity index (χ4n) is 1.63. The molecule has 2 heterocycles. The molecule has 6 heteroatoms. The van der Waals surface area contributed by atoms with E-state index < -0.39 is 0 Å². The van der Waals surface area contributed by atoms with Crippen molar-refractivity contribution in [1.29, 1.82) is 0 Å². The van der Waals surface area contributed by atoms with Gasteiger partial charge in [-0.05, 0) is 36.6 Å². The summed E-state index contributed by atoms with van der Waals surface area (Å²) in [6.07, 6.45) is 0. The third-order valence-corrected chi connectivity index (χ3v) is 4.35. The second kappa shape index (κ2) is 3.44. The molecular formula is C10H7N3S3. The molecular weight excluding hydrogens is 258 g/mol. The van der Waals surface area contributed by atoms with Crippen LogP contribution in [0.3, 0.4) is 0 Å². The summed E-state index contributed by atoms with van der Waals surface area (Å²) in [5, 5.41) is 0. The van der Waals surface area contributed by atoms with Gasteiger partial charge in [-0.3, -0.25) is 4.40 Å². The SMILES string of the molecule is Cn1c(=S)sc2nc3ccccc3n2c1=S. The lowest BCUT2D eigenvalue weighted by Crippen LogP contribution is -1.98. The van der Waals surface area contributed by atoms with E-state index in [0.717, 1.165) is 19.9 Å². The van der Waals surface area contributed by atoms with E-state index in [1.165, 1.54) is 11.3 Å². The largest absolute Gasteiger partial charge is 0.304 e. The molecule has 0 aliphatic carbocycles. The van der Waals surface area contributed by atoms with Crippen molar-refractivity contribution >= 4 is 51.8 Å². The Morgan fingerprint density at radius 1 is 1.25 bits per heavy atom.